The molecule has 0 heterocycles. The molecule has 0 saturated carbocycles. The molecule has 0 aromatic heterocycles. The number of nitrogens with two attached hydrogens (primary N) is 1. The largest absolute Gasteiger partial charge is 0.330 e. The highest BCUT2D eigenvalue weighted by atomic mass is 79.9. The van der Waals surface area contributed by atoms with E-state index in [2.05, 4.69) is 35.1 Å². The van der Waals surface area contributed by atoms with Crippen LogP contribution in [0.15, 0.2) is 28.7 Å². The van der Waals surface area contributed by atoms with E-state index in [4.69, 9.17) is 5.73 Å². The minimum atomic E-state index is -0.0257. The molecule has 0 aliphatic heterocycles. The highest BCUT2D eigenvalue weighted by molar-refractivity contribution is 9.10. The van der Waals surface area contributed by atoms with Gasteiger partial charge in [-0.25, -0.2) is 0 Å². The Bertz CT molecular complexity index is 434. The van der Waals surface area contributed by atoms with Crippen molar-refractivity contribution in [1.82, 2.24) is 4.90 Å². The Morgan fingerprint density at radius 1 is 1.42 bits per heavy atom. The first-order valence-electron chi connectivity index (χ1n) is 6.27. The number of hydrogen-bond acceptors (Lipinski definition) is 3. The predicted molar refractivity (Wildman–Crippen MR) is 83.1 cm³/mol. The third-order valence-corrected chi connectivity index (χ3v) is 3.50. The van der Waals surface area contributed by atoms with Gasteiger partial charge in [-0.3, -0.25) is 9.69 Å². The van der Waals surface area contributed by atoms with Crippen LogP contribution in [-0.4, -0.2) is 37.5 Å². The van der Waals surface area contributed by atoms with E-state index < -0.39 is 0 Å². The maximum absolute atomic E-state index is 11.9. The molecule has 1 rings (SSSR count). The van der Waals surface area contributed by atoms with Crippen molar-refractivity contribution in [3.8, 4) is 0 Å². The molecule has 0 radical (unpaired) electrons. The van der Waals surface area contributed by atoms with Crippen LogP contribution in [0.3, 0.4) is 0 Å². The summed E-state index contributed by atoms with van der Waals surface area (Å²) in [5.41, 5.74) is 6.50. The van der Waals surface area contributed by atoms with Crippen LogP contribution in [0.25, 0.3) is 0 Å². The molecule has 0 aliphatic carbocycles. The number of rotatable bonds is 6. The zero-order valence-corrected chi connectivity index (χ0v) is 13.3. The summed E-state index contributed by atoms with van der Waals surface area (Å²) >= 11 is 3.41. The summed E-state index contributed by atoms with van der Waals surface area (Å²) < 4.78 is 0.883. The Morgan fingerprint density at radius 2 is 2.05 bits per heavy atom. The number of para-hydroxylation sites is 1. The van der Waals surface area contributed by atoms with Gasteiger partial charge in [-0.05, 0) is 47.1 Å². The van der Waals surface area contributed by atoms with Gasteiger partial charge in [0.15, 0.2) is 0 Å². The van der Waals surface area contributed by atoms with E-state index in [1.165, 1.54) is 0 Å². The Labute approximate surface area is 123 Å². The number of anilines is 1. The fourth-order valence-corrected chi connectivity index (χ4v) is 2.23. The van der Waals surface area contributed by atoms with Gasteiger partial charge in [-0.2, -0.15) is 0 Å². The fourth-order valence-electron chi connectivity index (χ4n) is 1.85. The van der Waals surface area contributed by atoms with E-state index in [9.17, 15) is 4.79 Å². The van der Waals surface area contributed by atoms with Gasteiger partial charge in [0.25, 0.3) is 0 Å². The number of likely N-dealkylation sites (N-methyl/N-ethyl adjacent to an activating group) is 1. The molecule has 19 heavy (non-hydrogen) atoms. The van der Waals surface area contributed by atoms with Crippen LogP contribution >= 0.6 is 15.9 Å². The first-order valence-corrected chi connectivity index (χ1v) is 7.06. The summed E-state index contributed by atoms with van der Waals surface area (Å²) in [5, 5.41) is 2.89. The van der Waals surface area contributed by atoms with E-state index in [0.29, 0.717) is 13.1 Å². The smallest absolute Gasteiger partial charge is 0.238 e. The SMILES string of the molecule is CN(CC(=O)Nc1ccccc1Br)CC(C)(C)CN. The normalized spacial score (nSPS) is 11.7. The number of nitrogens with zero attached hydrogens (tertiary/aromatic N) is 1. The molecule has 0 fully saturated rings. The first-order chi connectivity index (χ1) is 8.84. The van der Waals surface area contributed by atoms with Crippen molar-refractivity contribution < 1.29 is 4.79 Å². The lowest BCUT2D eigenvalue weighted by atomic mass is 9.93. The lowest BCUT2D eigenvalue weighted by Crippen LogP contribution is -2.40. The van der Waals surface area contributed by atoms with Gasteiger partial charge in [-0.1, -0.05) is 26.0 Å². The average molecular weight is 328 g/mol. The molecule has 106 valence electrons. The van der Waals surface area contributed by atoms with E-state index in [1.54, 1.807) is 0 Å². The molecule has 0 spiro atoms. The van der Waals surface area contributed by atoms with Crippen molar-refractivity contribution >= 4 is 27.5 Å². The number of carbonyl (C=O) groups excluding carboxylic acids is 1. The zero-order chi connectivity index (χ0) is 14.5. The highest BCUT2D eigenvalue weighted by Gasteiger charge is 2.19. The molecule has 1 amide bonds. The van der Waals surface area contributed by atoms with E-state index in [0.717, 1.165) is 16.7 Å². The summed E-state index contributed by atoms with van der Waals surface area (Å²) in [6.45, 7) is 5.92. The number of hydrogen-bond donors (Lipinski definition) is 2. The second-order valence-corrected chi connectivity index (χ2v) is 6.42. The maximum Gasteiger partial charge on any atom is 0.238 e. The molecule has 0 unspecified atom stereocenters. The maximum atomic E-state index is 11.9. The standard InChI is InChI=1S/C14H22BrN3O/c1-14(2,9-16)10-18(3)8-13(19)17-12-7-5-4-6-11(12)15/h4-7H,8-10,16H2,1-3H3,(H,17,19). The summed E-state index contributed by atoms with van der Waals surface area (Å²) in [4.78, 5) is 13.9. The summed E-state index contributed by atoms with van der Waals surface area (Å²) in [5.74, 6) is -0.0257. The average Bonchev–Trinajstić information content (AvgIpc) is 2.31. The van der Waals surface area contributed by atoms with Crippen LogP contribution in [0.5, 0.6) is 0 Å². The van der Waals surface area contributed by atoms with Crippen molar-refractivity contribution in [1.29, 1.82) is 0 Å². The number of nitrogens with one attached hydrogen (secondary N) is 1. The number of amides is 1. The summed E-state index contributed by atoms with van der Waals surface area (Å²) in [7, 11) is 1.93. The van der Waals surface area contributed by atoms with E-state index in [-0.39, 0.29) is 11.3 Å². The van der Waals surface area contributed by atoms with Crippen LogP contribution in [0.1, 0.15) is 13.8 Å². The quantitative estimate of drug-likeness (QED) is 0.842. The molecule has 3 N–H and O–H groups in total. The molecule has 1 aromatic carbocycles. The summed E-state index contributed by atoms with van der Waals surface area (Å²) in [6.07, 6.45) is 0. The van der Waals surface area contributed by atoms with Gasteiger partial charge in [0.1, 0.15) is 0 Å². The lowest BCUT2D eigenvalue weighted by Gasteiger charge is -2.28. The van der Waals surface area contributed by atoms with Crippen LogP contribution < -0.4 is 11.1 Å². The van der Waals surface area contributed by atoms with Crippen LogP contribution in [0.4, 0.5) is 5.69 Å². The van der Waals surface area contributed by atoms with Gasteiger partial charge in [0.2, 0.25) is 5.91 Å². The molecule has 4 nitrogen and oxygen atoms in total. The van der Waals surface area contributed by atoms with Crippen LogP contribution in [0, 0.1) is 5.41 Å². The Hall–Kier alpha value is -0.910. The molecular formula is C14H22BrN3O. The van der Waals surface area contributed by atoms with Gasteiger partial charge < -0.3 is 11.1 Å². The molecular weight excluding hydrogens is 306 g/mol. The van der Waals surface area contributed by atoms with Gasteiger partial charge in [0, 0.05) is 11.0 Å². The van der Waals surface area contributed by atoms with Gasteiger partial charge in [-0.15, -0.1) is 0 Å². The minimum Gasteiger partial charge on any atom is -0.330 e. The molecule has 5 heteroatoms. The number of carbonyl (C=O) groups is 1. The zero-order valence-electron chi connectivity index (χ0n) is 11.7. The number of halogens is 1. The Morgan fingerprint density at radius 3 is 2.63 bits per heavy atom. The molecule has 0 bridgehead atoms. The van der Waals surface area contributed by atoms with Crippen molar-refractivity contribution in [2.75, 3.05) is 32.0 Å². The number of benzene rings is 1. The second-order valence-electron chi connectivity index (χ2n) is 5.57. The topological polar surface area (TPSA) is 58.4 Å². The van der Waals surface area contributed by atoms with Gasteiger partial charge >= 0.3 is 0 Å². The Kier molecular flexibility index (Phi) is 5.97. The van der Waals surface area contributed by atoms with Crippen LogP contribution in [0.2, 0.25) is 0 Å². The van der Waals surface area contributed by atoms with Crippen LogP contribution in [-0.2, 0) is 4.79 Å². The molecule has 0 saturated heterocycles. The Balaban J connectivity index is 2.50. The summed E-state index contributed by atoms with van der Waals surface area (Å²) in [6, 6.07) is 7.57. The highest BCUT2D eigenvalue weighted by Crippen LogP contribution is 2.21. The van der Waals surface area contributed by atoms with E-state index in [1.807, 2.05) is 36.2 Å². The second kappa shape index (κ2) is 7.03. The third-order valence-electron chi connectivity index (χ3n) is 2.81. The van der Waals surface area contributed by atoms with E-state index >= 15 is 0 Å². The molecule has 0 aliphatic rings. The predicted octanol–water partition coefficient (Wildman–Crippen LogP) is 2.30. The van der Waals surface area contributed by atoms with Crippen molar-refractivity contribution in [2.45, 2.75) is 13.8 Å². The minimum absolute atomic E-state index is 0.0162. The first kappa shape index (κ1) is 16.1. The van der Waals surface area contributed by atoms with Crippen molar-refractivity contribution in [2.24, 2.45) is 11.1 Å². The lowest BCUT2D eigenvalue weighted by molar-refractivity contribution is -0.117. The van der Waals surface area contributed by atoms with Gasteiger partial charge in [0.05, 0.1) is 12.2 Å². The fraction of sp³-hybridized carbons (Fsp3) is 0.500. The van der Waals surface area contributed by atoms with Crippen molar-refractivity contribution in [3.63, 3.8) is 0 Å². The third kappa shape index (κ3) is 5.72. The monoisotopic (exact) mass is 327 g/mol. The molecule has 1 aromatic rings. The van der Waals surface area contributed by atoms with Crippen molar-refractivity contribution in [3.05, 3.63) is 28.7 Å². The molecule has 0 atom stereocenters.